The van der Waals surface area contributed by atoms with Crippen molar-refractivity contribution in [3.63, 3.8) is 0 Å². The molecular formula is C13H15NOS. The number of nitriles is 1. The van der Waals surface area contributed by atoms with Gasteiger partial charge in [0, 0.05) is 15.7 Å². The molecule has 1 aromatic carbocycles. The van der Waals surface area contributed by atoms with Crippen molar-refractivity contribution in [3.8, 4) is 6.07 Å². The van der Waals surface area contributed by atoms with Gasteiger partial charge in [-0.05, 0) is 18.1 Å². The zero-order valence-electron chi connectivity index (χ0n) is 9.73. The van der Waals surface area contributed by atoms with E-state index >= 15 is 0 Å². The van der Waals surface area contributed by atoms with E-state index < -0.39 is 0 Å². The van der Waals surface area contributed by atoms with Gasteiger partial charge in [-0.3, -0.25) is 4.79 Å². The largest absolute Gasteiger partial charge is 0.298 e. The average molecular weight is 233 g/mol. The van der Waals surface area contributed by atoms with E-state index in [9.17, 15) is 4.79 Å². The highest BCUT2D eigenvalue weighted by atomic mass is 32.2. The molecule has 1 unspecified atom stereocenters. The van der Waals surface area contributed by atoms with E-state index in [0.29, 0.717) is 22.3 Å². The van der Waals surface area contributed by atoms with Gasteiger partial charge in [-0.1, -0.05) is 26.8 Å². The molecule has 0 saturated carbocycles. The molecule has 16 heavy (non-hydrogen) atoms. The van der Waals surface area contributed by atoms with Crippen LogP contribution >= 0.6 is 11.8 Å². The Balaban J connectivity index is 2.97. The highest BCUT2D eigenvalue weighted by Crippen LogP contribution is 2.30. The second-order valence-corrected chi connectivity index (χ2v) is 5.47. The van der Waals surface area contributed by atoms with E-state index in [1.807, 2.05) is 6.07 Å². The first-order chi connectivity index (χ1) is 7.58. The summed E-state index contributed by atoms with van der Waals surface area (Å²) in [5.41, 5.74) is 1.14. The Hall–Kier alpha value is -1.27. The third kappa shape index (κ3) is 3.11. The minimum Gasteiger partial charge on any atom is -0.298 e. The summed E-state index contributed by atoms with van der Waals surface area (Å²) in [6.07, 6.45) is 0.765. The van der Waals surface area contributed by atoms with Crippen LogP contribution in [0.5, 0.6) is 0 Å². The SMILES string of the molecule is CC(C)C(C)Sc1ccc(C=O)cc1C#N. The summed E-state index contributed by atoms with van der Waals surface area (Å²) in [6.45, 7) is 6.46. The van der Waals surface area contributed by atoms with Crippen LogP contribution in [0.2, 0.25) is 0 Å². The maximum Gasteiger partial charge on any atom is 0.150 e. The zero-order chi connectivity index (χ0) is 12.1. The summed E-state index contributed by atoms with van der Waals surface area (Å²) in [6, 6.07) is 7.38. The van der Waals surface area contributed by atoms with Gasteiger partial charge in [0.15, 0.2) is 0 Å². The highest BCUT2D eigenvalue weighted by Gasteiger charge is 2.12. The third-order valence-electron chi connectivity index (χ3n) is 2.51. The summed E-state index contributed by atoms with van der Waals surface area (Å²) in [7, 11) is 0. The summed E-state index contributed by atoms with van der Waals surface area (Å²) in [5, 5.41) is 9.46. The van der Waals surface area contributed by atoms with Crippen LogP contribution in [-0.4, -0.2) is 11.5 Å². The van der Waals surface area contributed by atoms with E-state index in [4.69, 9.17) is 5.26 Å². The fraction of sp³-hybridized carbons (Fsp3) is 0.385. The van der Waals surface area contributed by atoms with Crippen molar-refractivity contribution < 1.29 is 4.79 Å². The first kappa shape index (κ1) is 12.8. The molecule has 0 aromatic heterocycles. The number of carbonyl (C=O) groups is 1. The molecule has 0 spiro atoms. The van der Waals surface area contributed by atoms with Crippen molar-refractivity contribution in [1.82, 2.24) is 0 Å². The van der Waals surface area contributed by atoms with E-state index in [2.05, 4.69) is 26.8 Å². The standard InChI is InChI=1S/C13H15NOS/c1-9(2)10(3)16-13-5-4-11(8-15)6-12(13)7-14/h4-6,8-10H,1-3H3. The Morgan fingerprint density at radius 1 is 1.38 bits per heavy atom. The molecule has 1 rings (SSSR count). The Bertz CT molecular complexity index is 420. The summed E-state index contributed by atoms with van der Waals surface area (Å²) in [5.74, 6) is 0.558. The molecule has 0 aliphatic rings. The van der Waals surface area contributed by atoms with Crippen LogP contribution in [0.15, 0.2) is 23.1 Å². The van der Waals surface area contributed by atoms with E-state index in [1.165, 1.54) is 0 Å². The Kier molecular flexibility index (Phi) is 4.57. The normalized spacial score (nSPS) is 12.2. The zero-order valence-corrected chi connectivity index (χ0v) is 10.5. The average Bonchev–Trinajstić information content (AvgIpc) is 2.29. The molecule has 3 heteroatoms. The molecule has 2 nitrogen and oxygen atoms in total. The quantitative estimate of drug-likeness (QED) is 0.590. The van der Waals surface area contributed by atoms with Gasteiger partial charge >= 0.3 is 0 Å². The van der Waals surface area contributed by atoms with Crippen LogP contribution in [-0.2, 0) is 0 Å². The second-order valence-electron chi connectivity index (χ2n) is 4.05. The summed E-state index contributed by atoms with van der Waals surface area (Å²) >= 11 is 1.68. The number of carbonyl (C=O) groups excluding carboxylic acids is 1. The number of hydrogen-bond acceptors (Lipinski definition) is 3. The number of hydrogen-bond donors (Lipinski definition) is 0. The van der Waals surface area contributed by atoms with Crippen LogP contribution < -0.4 is 0 Å². The monoisotopic (exact) mass is 233 g/mol. The van der Waals surface area contributed by atoms with Crippen molar-refractivity contribution >= 4 is 18.0 Å². The molecule has 0 radical (unpaired) electrons. The third-order valence-corrected chi connectivity index (χ3v) is 4.04. The molecule has 84 valence electrons. The van der Waals surface area contributed by atoms with Crippen LogP contribution in [0.4, 0.5) is 0 Å². The molecule has 0 heterocycles. The van der Waals surface area contributed by atoms with E-state index in [0.717, 1.165) is 11.2 Å². The van der Waals surface area contributed by atoms with Crippen molar-refractivity contribution in [2.24, 2.45) is 5.92 Å². The van der Waals surface area contributed by atoms with Crippen molar-refractivity contribution in [2.45, 2.75) is 30.9 Å². The molecule has 0 aliphatic heterocycles. The smallest absolute Gasteiger partial charge is 0.150 e. The molecule has 0 N–H and O–H groups in total. The van der Waals surface area contributed by atoms with Crippen molar-refractivity contribution in [2.75, 3.05) is 0 Å². The number of rotatable bonds is 4. The van der Waals surface area contributed by atoms with Gasteiger partial charge in [0.25, 0.3) is 0 Å². The molecule has 1 aromatic rings. The minimum atomic E-state index is 0.453. The molecule has 0 bridgehead atoms. The van der Waals surface area contributed by atoms with Crippen LogP contribution in [0.25, 0.3) is 0 Å². The lowest BCUT2D eigenvalue weighted by atomic mass is 10.1. The molecule has 0 fully saturated rings. The Morgan fingerprint density at radius 2 is 2.06 bits per heavy atom. The fourth-order valence-corrected chi connectivity index (χ4v) is 2.20. The topological polar surface area (TPSA) is 40.9 Å². The van der Waals surface area contributed by atoms with Gasteiger partial charge < -0.3 is 0 Å². The molecule has 0 saturated heterocycles. The lowest BCUT2D eigenvalue weighted by Gasteiger charge is -2.15. The van der Waals surface area contributed by atoms with Crippen molar-refractivity contribution in [1.29, 1.82) is 5.26 Å². The van der Waals surface area contributed by atoms with Gasteiger partial charge in [-0.15, -0.1) is 11.8 Å². The van der Waals surface area contributed by atoms with Gasteiger partial charge in [-0.2, -0.15) is 5.26 Å². The minimum absolute atomic E-state index is 0.453. The molecule has 1 atom stereocenters. The summed E-state index contributed by atoms with van der Waals surface area (Å²) in [4.78, 5) is 11.6. The maximum absolute atomic E-state index is 10.6. The molecule has 0 amide bonds. The Labute approximate surface area is 101 Å². The van der Waals surface area contributed by atoms with Gasteiger partial charge in [0.1, 0.15) is 12.4 Å². The predicted molar refractivity (Wildman–Crippen MR) is 66.7 cm³/mol. The van der Waals surface area contributed by atoms with E-state index in [1.54, 1.807) is 23.9 Å². The van der Waals surface area contributed by atoms with Gasteiger partial charge in [0.05, 0.1) is 5.56 Å². The van der Waals surface area contributed by atoms with Gasteiger partial charge in [-0.25, -0.2) is 0 Å². The number of aldehydes is 1. The predicted octanol–water partition coefficient (Wildman–Crippen LogP) is 3.51. The number of nitrogens with zero attached hydrogens (tertiary/aromatic N) is 1. The highest BCUT2D eigenvalue weighted by molar-refractivity contribution is 8.00. The lowest BCUT2D eigenvalue weighted by molar-refractivity contribution is 0.112. The maximum atomic E-state index is 10.6. The van der Waals surface area contributed by atoms with Crippen molar-refractivity contribution in [3.05, 3.63) is 29.3 Å². The lowest BCUT2D eigenvalue weighted by Crippen LogP contribution is -2.05. The first-order valence-corrected chi connectivity index (χ1v) is 6.12. The van der Waals surface area contributed by atoms with Crippen LogP contribution in [0.3, 0.4) is 0 Å². The fourth-order valence-electron chi connectivity index (χ4n) is 1.15. The number of benzene rings is 1. The Morgan fingerprint density at radius 3 is 2.56 bits per heavy atom. The van der Waals surface area contributed by atoms with Crippen LogP contribution in [0.1, 0.15) is 36.7 Å². The summed E-state index contributed by atoms with van der Waals surface area (Å²) < 4.78 is 0. The molecule has 0 aliphatic carbocycles. The second kappa shape index (κ2) is 5.72. The number of thioether (sulfide) groups is 1. The van der Waals surface area contributed by atoms with E-state index in [-0.39, 0.29) is 0 Å². The van der Waals surface area contributed by atoms with Gasteiger partial charge in [0.2, 0.25) is 0 Å². The molecular weight excluding hydrogens is 218 g/mol. The first-order valence-electron chi connectivity index (χ1n) is 5.24. The van der Waals surface area contributed by atoms with Crippen LogP contribution in [0, 0.1) is 17.2 Å².